The standard InChI is InChI=1S/C29H29N5O.C27H28N6O2.C26H30N4O2/c1-35-26-13-11-25(12-14-26)27-5-2-6-29-32-28(33-34(27)29)20-23-9-7-22(8-10-23)4-3-17-31-21-24-15-18-30-19-16-24;1-3-21-18-29-27(30-21)28-15-16-35-23-11-7-19(8-12-23)17-25-31-26-6-4-5-24(33(26)32-25)20-9-13-22(34-2)14-10-20;1-3-4-16-27-17-18-32-23-12-8-20(9-13-23)19-25-28-26-7-5-6-24(30(26)29-25)21-10-14-22(31-2)15-11-21/h2,5-16,18-19,31H,3-4,17,20-21H2,1H3;4-14,18H,3,15-17H2,1-2H3,(H2,28,29,30);5-15,27H,3-4,16-19H2,1-2H3. The largest absolute Gasteiger partial charge is 0.497 e. The Morgan fingerprint density at radius 1 is 0.402 bits per heavy atom. The van der Waals surface area contributed by atoms with Crippen molar-refractivity contribution >= 4 is 22.9 Å². The van der Waals surface area contributed by atoms with Crippen molar-refractivity contribution in [3.05, 3.63) is 282 Å². The lowest BCUT2D eigenvalue weighted by atomic mass is 10.1. The van der Waals surface area contributed by atoms with Crippen molar-refractivity contribution in [2.45, 2.75) is 71.8 Å². The molecule has 0 spiro atoms. The van der Waals surface area contributed by atoms with E-state index in [0.29, 0.717) is 39.0 Å². The van der Waals surface area contributed by atoms with Gasteiger partial charge < -0.3 is 44.6 Å². The first kappa shape index (κ1) is 70.1. The van der Waals surface area contributed by atoms with Crippen LogP contribution in [0.4, 0.5) is 5.95 Å². The second-order valence-corrected chi connectivity index (χ2v) is 24.4. The zero-order valence-corrected chi connectivity index (χ0v) is 58.5. The van der Waals surface area contributed by atoms with E-state index in [-0.39, 0.29) is 0 Å². The van der Waals surface area contributed by atoms with Gasteiger partial charge in [-0.05, 0) is 212 Å². The van der Waals surface area contributed by atoms with E-state index in [1.54, 1.807) is 21.3 Å². The van der Waals surface area contributed by atoms with Gasteiger partial charge in [-0.1, -0.05) is 87.0 Å². The number of pyridine rings is 4. The molecule has 8 aromatic heterocycles. The van der Waals surface area contributed by atoms with Gasteiger partial charge in [0.2, 0.25) is 0 Å². The molecule has 0 bridgehead atoms. The maximum Gasteiger partial charge on any atom is 0.200 e. The molecule has 0 aliphatic carbocycles. The van der Waals surface area contributed by atoms with Gasteiger partial charge >= 0.3 is 0 Å². The number of unbranched alkanes of at least 4 members (excludes halogenated alkanes) is 1. The van der Waals surface area contributed by atoms with E-state index in [1.165, 1.54) is 29.5 Å². The number of anilines is 1. The third kappa shape index (κ3) is 19.4. The first-order chi connectivity index (χ1) is 50.3. The summed E-state index contributed by atoms with van der Waals surface area (Å²) in [7, 11) is 5.01. The molecule has 0 aliphatic rings. The van der Waals surface area contributed by atoms with Crippen molar-refractivity contribution in [1.82, 2.24) is 69.4 Å². The number of methoxy groups -OCH3 is 3. The smallest absolute Gasteiger partial charge is 0.200 e. The Morgan fingerprint density at radius 2 is 0.814 bits per heavy atom. The molecule has 0 radical (unpaired) electrons. The molecule has 14 aromatic rings. The topological polar surface area (TPSA) is 214 Å². The molecule has 0 aliphatic heterocycles. The van der Waals surface area contributed by atoms with Crippen LogP contribution >= 0.6 is 0 Å². The molecule has 8 heterocycles. The molecular formula is C82H87N15O5. The summed E-state index contributed by atoms with van der Waals surface area (Å²) in [6, 6.07) is 71.3. The van der Waals surface area contributed by atoms with E-state index in [1.807, 2.05) is 184 Å². The van der Waals surface area contributed by atoms with E-state index in [9.17, 15) is 0 Å². The molecule has 4 N–H and O–H groups in total. The van der Waals surface area contributed by atoms with Crippen LogP contribution in [0.1, 0.15) is 84.1 Å². The number of ether oxygens (including phenoxy) is 5. The number of H-pyrrole nitrogens is 1. The van der Waals surface area contributed by atoms with Crippen LogP contribution in [-0.4, -0.2) is 119 Å². The van der Waals surface area contributed by atoms with Gasteiger partial charge in [0.1, 0.15) is 42.0 Å². The summed E-state index contributed by atoms with van der Waals surface area (Å²) in [4.78, 5) is 25.8. The van der Waals surface area contributed by atoms with Crippen LogP contribution in [0.2, 0.25) is 0 Å². The Labute approximate surface area is 595 Å². The monoisotopic (exact) mass is 1360 g/mol. The summed E-state index contributed by atoms with van der Waals surface area (Å²) in [5.41, 5.74) is 15.9. The van der Waals surface area contributed by atoms with Gasteiger partial charge in [0.15, 0.2) is 40.4 Å². The minimum Gasteiger partial charge on any atom is -0.497 e. The Morgan fingerprint density at radius 3 is 1.24 bits per heavy atom. The fourth-order valence-electron chi connectivity index (χ4n) is 11.6. The van der Waals surface area contributed by atoms with Gasteiger partial charge in [-0.3, -0.25) is 4.98 Å². The predicted molar refractivity (Wildman–Crippen MR) is 402 cm³/mol. The van der Waals surface area contributed by atoms with Gasteiger partial charge in [0.25, 0.3) is 0 Å². The van der Waals surface area contributed by atoms with Crippen molar-refractivity contribution in [3.8, 4) is 62.5 Å². The first-order valence-electron chi connectivity index (χ1n) is 34.8. The molecule has 0 amide bonds. The Balaban J connectivity index is 0.000000145. The molecule has 20 nitrogen and oxygen atoms in total. The van der Waals surface area contributed by atoms with Crippen LogP contribution in [0.3, 0.4) is 0 Å². The van der Waals surface area contributed by atoms with Gasteiger partial charge in [-0.25, -0.2) is 33.5 Å². The summed E-state index contributed by atoms with van der Waals surface area (Å²) in [6.45, 7) is 9.96. The maximum atomic E-state index is 5.85. The summed E-state index contributed by atoms with van der Waals surface area (Å²) in [5, 5.41) is 24.5. The van der Waals surface area contributed by atoms with Crippen molar-refractivity contribution in [3.63, 3.8) is 0 Å². The number of aromatic amines is 1. The lowest BCUT2D eigenvalue weighted by Crippen LogP contribution is -2.21. The predicted octanol–water partition coefficient (Wildman–Crippen LogP) is 14.6. The van der Waals surface area contributed by atoms with Crippen molar-refractivity contribution < 1.29 is 23.7 Å². The summed E-state index contributed by atoms with van der Waals surface area (Å²) < 4.78 is 33.2. The number of aromatic nitrogens is 12. The number of rotatable bonds is 31. The molecule has 102 heavy (non-hydrogen) atoms. The van der Waals surface area contributed by atoms with E-state index < -0.39 is 0 Å². The van der Waals surface area contributed by atoms with Crippen LogP contribution in [0.25, 0.3) is 50.7 Å². The van der Waals surface area contributed by atoms with Gasteiger partial charge in [0.05, 0.1) is 51.2 Å². The minimum absolute atomic E-state index is 0.545. The highest BCUT2D eigenvalue weighted by atomic mass is 16.5. The van der Waals surface area contributed by atoms with E-state index in [2.05, 4.69) is 105 Å². The number of aryl methyl sites for hydroxylation is 2. The van der Waals surface area contributed by atoms with Crippen LogP contribution in [0.5, 0.6) is 28.7 Å². The molecule has 14 rings (SSSR count). The second-order valence-electron chi connectivity index (χ2n) is 24.4. The zero-order valence-electron chi connectivity index (χ0n) is 58.5. The highest BCUT2D eigenvalue weighted by Gasteiger charge is 2.15. The third-order valence-electron chi connectivity index (χ3n) is 17.1. The maximum absolute atomic E-state index is 5.85. The average molecular weight is 1360 g/mol. The zero-order chi connectivity index (χ0) is 70.1. The fourth-order valence-corrected chi connectivity index (χ4v) is 11.6. The normalized spacial score (nSPS) is 11.1. The van der Waals surface area contributed by atoms with E-state index >= 15 is 0 Å². The molecular weight excluding hydrogens is 1280 g/mol. The first-order valence-corrected chi connectivity index (χ1v) is 34.8. The molecule has 6 aromatic carbocycles. The van der Waals surface area contributed by atoms with Gasteiger partial charge in [-0.2, -0.15) is 15.3 Å². The number of fused-ring (bicyclic) bond motifs is 3. The number of imidazole rings is 1. The number of benzene rings is 6. The Hall–Kier alpha value is -11.7. The quantitative estimate of drug-likeness (QED) is 0.0297. The number of hydrogen-bond acceptors (Lipinski definition) is 16. The van der Waals surface area contributed by atoms with Crippen molar-refractivity contribution in [2.24, 2.45) is 0 Å². The third-order valence-corrected chi connectivity index (χ3v) is 17.1. The van der Waals surface area contributed by atoms with Crippen LogP contribution in [0.15, 0.2) is 231 Å². The van der Waals surface area contributed by atoms with Crippen LogP contribution in [-0.2, 0) is 38.6 Å². The summed E-state index contributed by atoms with van der Waals surface area (Å²) in [6.07, 6.45) is 13.0. The fraction of sp³-hybridized carbons (Fsp3) is 0.244. The number of nitrogens with zero attached hydrogens (tertiary/aromatic N) is 11. The molecule has 520 valence electrons. The number of hydrogen-bond donors (Lipinski definition) is 4. The Bertz CT molecular complexity index is 4850. The molecule has 0 saturated heterocycles. The lowest BCUT2D eigenvalue weighted by molar-refractivity contribution is 0.313. The SMILES string of the molecule is CCCCNCCOc1ccc(Cc2nc3cccc(-c4ccc(OC)cc4)n3n2)cc1.CCc1cnc(NCCOc2ccc(Cc3nc4cccc(-c5ccc(OC)cc5)n4n3)cc2)[nH]1.COc1ccc(-c2cccc3nc(Cc4ccc(CCCNCc5ccncc5)cc4)nn23)cc1. The molecule has 20 heteroatoms. The molecule has 0 atom stereocenters. The summed E-state index contributed by atoms with van der Waals surface area (Å²) in [5.74, 6) is 7.37. The van der Waals surface area contributed by atoms with E-state index in [0.717, 1.165) is 165 Å². The van der Waals surface area contributed by atoms with Crippen LogP contribution < -0.4 is 39.6 Å². The van der Waals surface area contributed by atoms with Gasteiger partial charge in [0, 0.05) is 67.1 Å². The van der Waals surface area contributed by atoms with Crippen LogP contribution in [0, 0.1) is 0 Å². The molecule has 0 fully saturated rings. The molecule has 0 unspecified atom stereocenters. The summed E-state index contributed by atoms with van der Waals surface area (Å²) >= 11 is 0. The van der Waals surface area contributed by atoms with Crippen molar-refractivity contribution in [1.29, 1.82) is 0 Å². The highest BCUT2D eigenvalue weighted by molar-refractivity contribution is 5.66. The highest BCUT2D eigenvalue weighted by Crippen LogP contribution is 2.28. The average Bonchev–Trinajstić information content (AvgIpc) is 1.66. The van der Waals surface area contributed by atoms with Crippen molar-refractivity contribution in [2.75, 3.05) is 66.0 Å². The Kier molecular flexibility index (Phi) is 24.7. The number of nitrogens with one attached hydrogen (secondary N) is 4. The second kappa shape index (κ2) is 35.9. The minimum atomic E-state index is 0.545. The molecule has 0 saturated carbocycles. The van der Waals surface area contributed by atoms with E-state index in [4.69, 9.17) is 53.9 Å². The lowest BCUT2D eigenvalue weighted by Gasteiger charge is -2.08. The van der Waals surface area contributed by atoms with Gasteiger partial charge in [-0.15, -0.1) is 0 Å².